The first-order valence-corrected chi connectivity index (χ1v) is 7.14. The van der Waals surface area contributed by atoms with Crippen molar-refractivity contribution in [3.63, 3.8) is 0 Å². The number of carbonyl (C=O) groups is 1. The zero-order chi connectivity index (χ0) is 19.7. The summed E-state index contributed by atoms with van der Waals surface area (Å²) in [5.41, 5.74) is 2.24. The highest BCUT2D eigenvalue weighted by Crippen LogP contribution is 2.38. The van der Waals surface area contributed by atoms with Gasteiger partial charge in [0.25, 0.3) is 0 Å². The molecule has 2 N–H and O–H groups in total. The first-order valence-electron chi connectivity index (χ1n) is 7.14. The van der Waals surface area contributed by atoms with E-state index >= 15 is 0 Å². The molecule has 0 bridgehead atoms. The molecule has 0 saturated heterocycles. The lowest BCUT2D eigenvalue weighted by Crippen LogP contribution is -2.33. The summed E-state index contributed by atoms with van der Waals surface area (Å²) in [6.07, 6.45) is -10.0. The summed E-state index contributed by atoms with van der Waals surface area (Å²) in [5, 5.41) is 0. The molecule has 0 aliphatic rings. The van der Waals surface area contributed by atoms with E-state index in [1.165, 1.54) is 12.1 Å². The van der Waals surface area contributed by atoms with Gasteiger partial charge in [0.15, 0.2) is 0 Å². The fraction of sp³-hybridized carbons (Fsp3) is 0.312. The Hall–Kier alpha value is -2.49. The van der Waals surface area contributed by atoms with E-state index in [1.807, 2.05) is 0 Å². The number of benzene rings is 1. The van der Waals surface area contributed by atoms with Gasteiger partial charge in [-0.3, -0.25) is 4.79 Å². The minimum atomic E-state index is -4.96. The van der Waals surface area contributed by atoms with Crippen LogP contribution in [0.25, 0.3) is 11.3 Å². The molecule has 0 amide bonds. The van der Waals surface area contributed by atoms with Crippen molar-refractivity contribution in [1.29, 1.82) is 0 Å². The Labute approximate surface area is 143 Å². The summed E-state index contributed by atoms with van der Waals surface area (Å²) in [7, 11) is 1.12. The van der Waals surface area contributed by atoms with Crippen molar-refractivity contribution in [3.8, 4) is 11.3 Å². The summed E-state index contributed by atoms with van der Waals surface area (Å²) in [4.78, 5) is 11.3. The van der Waals surface area contributed by atoms with Gasteiger partial charge in [0.1, 0.15) is 17.6 Å². The molecule has 1 aromatic carbocycles. The van der Waals surface area contributed by atoms with Crippen LogP contribution in [-0.2, 0) is 28.3 Å². The summed E-state index contributed by atoms with van der Waals surface area (Å²) >= 11 is 0. The van der Waals surface area contributed by atoms with Gasteiger partial charge in [0.2, 0.25) is 0 Å². The minimum absolute atomic E-state index is 0.0283. The zero-order valence-corrected chi connectivity index (χ0v) is 13.2. The minimum Gasteiger partial charge on any atom is -0.468 e. The van der Waals surface area contributed by atoms with Crippen LogP contribution in [0.1, 0.15) is 16.9 Å². The van der Waals surface area contributed by atoms with Crippen molar-refractivity contribution in [1.82, 2.24) is 0 Å². The highest BCUT2D eigenvalue weighted by molar-refractivity contribution is 5.75. The molecule has 0 saturated carbocycles. The van der Waals surface area contributed by atoms with Gasteiger partial charge in [-0.25, -0.2) is 0 Å². The Kier molecular flexibility index (Phi) is 5.36. The van der Waals surface area contributed by atoms with Crippen molar-refractivity contribution in [2.24, 2.45) is 5.73 Å². The molecular weight excluding hydrogens is 368 g/mol. The normalized spacial score (nSPS) is 13.5. The highest BCUT2D eigenvalue weighted by atomic mass is 19.4. The number of methoxy groups -OCH3 is 1. The van der Waals surface area contributed by atoms with E-state index in [0.717, 1.165) is 7.11 Å². The fourth-order valence-electron chi connectivity index (χ4n) is 2.19. The summed E-state index contributed by atoms with van der Waals surface area (Å²) in [6, 6.07) is 2.57. The van der Waals surface area contributed by atoms with Gasteiger partial charge in [0.05, 0.1) is 18.2 Å². The van der Waals surface area contributed by atoms with Crippen LogP contribution in [0.5, 0.6) is 0 Å². The fourth-order valence-corrected chi connectivity index (χ4v) is 2.19. The molecule has 0 spiro atoms. The second-order valence-corrected chi connectivity index (χ2v) is 5.39. The molecule has 1 heterocycles. The predicted octanol–water partition coefficient (Wildman–Crippen LogP) is 4.03. The molecule has 0 aliphatic heterocycles. The predicted molar refractivity (Wildman–Crippen MR) is 77.8 cm³/mol. The average molecular weight is 381 g/mol. The van der Waals surface area contributed by atoms with Gasteiger partial charge in [0, 0.05) is 12.0 Å². The van der Waals surface area contributed by atoms with Crippen LogP contribution < -0.4 is 5.73 Å². The number of esters is 1. The van der Waals surface area contributed by atoms with Crippen molar-refractivity contribution in [2.45, 2.75) is 24.8 Å². The van der Waals surface area contributed by atoms with Crippen LogP contribution in [-0.4, -0.2) is 19.1 Å². The van der Waals surface area contributed by atoms with E-state index in [-0.39, 0.29) is 24.0 Å². The van der Waals surface area contributed by atoms with Gasteiger partial charge in [-0.2, -0.15) is 26.3 Å². The van der Waals surface area contributed by atoms with Gasteiger partial charge in [-0.05, 0) is 30.3 Å². The molecule has 2 rings (SSSR count). The molecule has 26 heavy (non-hydrogen) atoms. The number of halogens is 6. The number of hydrogen-bond donors (Lipinski definition) is 1. The number of rotatable bonds is 4. The number of furan rings is 1. The maximum atomic E-state index is 12.9. The molecule has 0 aliphatic carbocycles. The maximum Gasteiger partial charge on any atom is 0.416 e. The second kappa shape index (κ2) is 7.02. The van der Waals surface area contributed by atoms with E-state index in [1.54, 1.807) is 0 Å². The SMILES string of the molecule is COC(=O)C(N)Cc1ccc(-c2cc(C(F)(F)F)cc(C(F)(F)F)c2)o1. The van der Waals surface area contributed by atoms with Gasteiger partial charge < -0.3 is 14.9 Å². The van der Waals surface area contributed by atoms with Crippen molar-refractivity contribution < 1.29 is 40.3 Å². The van der Waals surface area contributed by atoms with Crippen LogP contribution in [0.2, 0.25) is 0 Å². The zero-order valence-electron chi connectivity index (χ0n) is 13.2. The molecule has 4 nitrogen and oxygen atoms in total. The van der Waals surface area contributed by atoms with Crippen LogP contribution in [0.15, 0.2) is 34.7 Å². The molecular formula is C16H13F6NO3. The van der Waals surface area contributed by atoms with Crippen molar-refractivity contribution in [3.05, 3.63) is 47.2 Å². The Morgan fingerprint density at radius 3 is 2.08 bits per heavy atom. The van der Waals surface area contributed by atoms with Crippen molar-refractivity contribution >= 4 is 5.97 Å². The van der Waals surface area contributed by atoms with Gasteiger partial charge >= 0.3 is 18.3 Å². The molecule has 1 unspecified atom stereocenters. The van der Waals surface area contributed by atoms with E-state index in [2.05, 4.69) is 4.74 Å². The average Bonchev–Trinajstić information content (AvgIpc) is 3.00. The number of ether oxygens (including phenoxy) is 1. The van der Waals surface area contributed by atoms with Crippen molar-refractivity contribution in [2.75, 3.05) is 7.11 Å². The first kappa shape index (κ1) is 19.8. The Morgan fingerprint density at radius 2 is 1.62 bits per heavy atom. The lowest BCUT2D eigenvalue weighted by atomic mass is 10.0. The largest absolute Gasteiger partial charge is 0.468 e. The van der Waals surface area contributed by atoms with E-state index < -0.39 is 41.1 Å². The highest BCUT2D eigenvalue weighted by Gasteiger charge is 2.37. The van der Waals surface area contributed by atoms with Crippen LogP contribution in [0.3, 0.4) is 0 Å². The summed E-state index contributed by atoms with van der Waals surface area (Å²) in [5.74, 6) is -0.834. The topological polar surface area (TPSA) is 65.5 Å². The monoisotopic (exact) mass is 381 g/mol. The second-order valence-electron chi connectivity index (χ2n) is 5.39. The molecule has 2 aromatic rings. The molecule has 0 radical (unpaired) electrons. The van der Waals surface area contributed by atoms with Gasteiger partial charge in [-0.1, -0.05) is 0 Å². The molecule has 142 valence electrons. The number of carbonyl (C=O) groups excluding carboxylic acids is 1. The Balaban J connectivity index is 2.41. The van der Waals surface area contributed by atoms with E-state index in [4.69, 9.17) is 10.2 Å². The molecule has 1 aromatic heterocycles. The molecule has 10 heteroatoms. The van der Waals surface area contributed by atoms with Crippen LogP contribution >= 0.6 is 0 Å². The van der Waals surface area contributed by atoms with E-state index in [9.17, 15) is 31.1 Å². The Morgan fingerprint density at radius 1 is 1.08 bits per heavy atom. The number of nitrogens with two attached hydrogens (primary N) is 1. The van der Waals surface area contributed by atoms with Gasteiger partial charge in [-0.15, -0.1) is 0 Å². The standard InChI is InChI=1S/C16H13F6NO3/c1-25-14(24)12(23)7-11-2-3-13(26-11)8-4-9(15(17,18)19)6-10(5-8)16(20,21)22/h2-6,12H,7,23H2,1H3. The lowest BCUT2D eigenvalue weighted by Gasteiger charge is -2.13. The summed E-state index contributed by atoms with van der Waals surface area (Å²) < 4.78 is 87.0. The summed E-state index contributed by atoms with van der Waals surface area (Å²) in [6.45, 7) is 0. The smallest absolute Gasteiger partial charge is 0.416 e. The number of hydrogen-bond acceptors (Lipinski definition) is 4. The van der Waals surface area contributed by atoms with Crippen LogP contribution in [0.4, 0.5) is 26.3 Å². The third-order valence-electron chi connectivity index (χ3n) is 3.46. The molecule has 0 fully saturated rings. The van der Waals surface area contributed by atoms with E-state index in [0.29, 0.717) is 12.1 Å². The quantitative estimate of drug-likeness (QED) is 0.642. The number of alkyl halides is 6. The maximum absolute atomic E-state index is 12.9. The van der Waals surface area contributed by atoms with Crippen LogP contribution in [0, 0.1) is 0 Å². The third kappa shape index (κ3) is 4.57. The first-order chi connectivity index (χ1) is 11.9. The Bertz CT molecular complexity index is 762. The lowest BCUT2D eigenvalue weighted by molar-refractivity contribution is -0.143. The third-order valence-corrected chi connectivity index (χ3v) is 3.46. The molecule has 1 atom stereocenters.